The van der Waals surface area contributed by atoms with Gasteiger partial charge in [-0.15, -0.1) is 0 Å². The number of hydrogen-bond donors (Lipinski definition) is 2. The van der Waals surface area contributed by atoms with Gasteiger partial charge in [0.15, 0.2) is 0 Å². The van der Waals surface area contributed by atoms with Gasteiger partial charge in [-0.1, -0.05) is 20.8 Å². The lowest BCUT2D eigenvalue weighted by molar-refractivity contribution is 0.257. The zero-order chi connectivity index (χ0) is 14.3. The Morgan fingerprint density at radius 2 is 2.11 bits per heavy atom. The van der Waals surface area contributed by atoms with Crippen molar-refractivity contribution in [3.8, 4) is 0 Å². The van der Waals surface area contributed by atoms with Crippen LogP contribution in [0, 0.1) is 11.8 Å². The lowest BCUT2D eigenvalue weighted by Gasteiger charge is -2.32. The van der Waals surface area contributed by atoms with E-state index in [9.17, 15) is 8.42 Å². The molecule has 5 nitrogen and oxygen atoms in total. The average Bonchev–Trinajstić information content (AvgIpc) is 2.37. The van der Waals surface area contributed by atoms with Gasteiger partial charge in [-0.05, 0) is 44.2 Å². The molecule has 19 heavy (non-hydrogen) atoms. The van der Waals surface area contributed by atoms with Crippen LogP contribution in [0.2, 0.25) is 0 Å². The van der Waals surface area contributed by atoms with E-state index in [1.54, 1.807) is 4.31 Å². The van der Waals surface area contributed by atoms with Gasteiger partial charge in [-0.3, -0.25) is 0 Å². The Morgan fingerprint density at radius 3 is 2.74 bits per heavy atom. The Bertz CT molecular complexity index is 344. The molecule has 0 aromatic heterocycles. The molecule has 114 valence electrons. The van der Waals surface area contributed by atoms with Crippen molar-refractivity contribution in [1.29, 1.82) is 0 Å². The summed E-state index contributed by atoms with van der Waals surface area (Å²) in [5.41, 5.74) is 0. The van der Waals surface area contributed by atoms with E-state index in [1.807, 2.05) is 13.8 Å². The lowest BCUT2D eigenvalue weighted by atomic mass is 10.00. The molecule has 0 radical (unpaired) electrons. The molecule has 0 amide bonds. The molecule has 0 aliphatic carbocycles. The van der Waals surface area contributed by atoms with Gasteiger partial charge in [0.25, 0.3) is 10.2 Å². The molecule has 1 atom stereocenters. The first kappa shape index (κ1) is 16.9. The van der Waals surface area contributed by atoms with E-state index in [4.69, 9.17) is 0 Å². The van der Waals surface area contributed by atoms with Gasteiger partial charge in [-0.2, -0.15) is 12.7 Å². The standard InChI is InChI=1S/C13H29N3O2S/c1-4-7-14-10-13-6-5-8-16(11-13)19(17,18)15-9-12(2)3/h12-15H,4-11H2,1-3H3. The minimum Gasteiger partial charge on any atom is -0.316 e. The molecule has 1 heterocycles. The lowest BCUT2D eigenvalue weighted by Crippen LogP contribution is -2.48. The maximum atomic E-state index is 12.2. The third kappa shape index (κ3) is 6.21. The van der Waals surface area contributed by atoms with Crippen molar-refractivity contribution in [2.24, 2.45) is 11.8 Å². The monoisotopic (exact) mass is 291 g/mol. The van der Waals surface area contributed by atoms with E-state index in [0.717, 1.165) is 32.4 Å². The molecule has 1 saturated heterocycles. The van der Waals surface area contributed by atoms with Crippen molar-refractivity contribution in [2.45, 2.75) is 40.0 Å². The topological polar surface area (TPSA) is 61.4 Å². The molecule has 0 aromatic rings. The Labute approximate surface area is 118 Å². The van der Waals surface area contributed by atoms with Crippen molar-refractivity contribution < 1.29 is 8.42 Å². The molecular formula is C13H29N3O2S. The third-order valence-corrected chi connectivity index (χ3v) is 4.90. The Morgan fingerprint density at radius 1 is 1.37 bits per heavy atom. The SMILES string of the molecule is CCCNCC1CCCN(S(=O)(=O)NCC(C)C)C1. The number of hydrogen-bond acceptors (Lipinski definition) is 3. The average molecular weight is 291 g/mol. The molecule has 1 aliphatic heterocycles. The number of piperidine rings is 1. The molecule has 1 unspecified atom stereocenters. The molecule has 0 bridgehead atoms. The predicted octanol–water partition coefficient (Wildman–Crippen LogP) is 1.19. The molecule has 0 aromatic carbocycles. The van der Waals surface area contributed by atoms with Crippen LogP contribution in [0.3, 0.4) is 0 Å². The highest BCUT2D eigenvalue weighted by molar-refractivity contribution is 7.87. The summed E-state index contributed by atoms with van der Waals surface area (Å²) in [6, 6.07) is 0. The molecule has 1 rings (SSSR count). The smallest absolute Gasteiger partial charge is 0.279 e. The van der Waals surface area contributed by atoms with Gasteiger partial charge in [0.05, 0.1) is 0 Å². The van der Waals surface area contributed by atoms with E-state index in [0.29, 0.717) is 31.5 Å². The van der Waals surface area contributed by atoms with Crippen LogP contribution in [0.1, 0.15) is 40.0 Å². The maximum absolute atomic E-state index is 12.2. The fourth-order valence-electron chi connectivity index (χ4n) is 2.26. The van der Waals surface area contributed by atoms with Crippen LogP contribution < -0.4 is 10.0 Å². The molecule has 0 spiro atoms. The highest BCUT2D eigenvalue weighted by atomic mass is 32.2. The molecule has 0 saturated carbocycles. The van der Waals surface area contributed by atoms with Crippen LogP contribution in [0.4, 0.5) is 0 Å². The van der Waals surface area contributed by atoms with Gasteiger partial charge >= 0.3 is 0 Å². The fourth-order valence-corrected chi connectivity index (χ4v) is 3.76. The summed E-state index contributed by atoms with van der Waals surface area (Å²) in [7, 11) is -3.29. The van der Waals surface area contributed by atoms with E-state index in [2.05, 4.69) is 17.0 Å². The summed E-state index contributed by atoms with van der Waals surface area (Å²) in [6.45, 7) is 9.89. The quantitative estimate of drug-likeness (QED) is 0.660. The zero-order valence-electron chi connectivity index (χ0n) is 12.5. The highest BCUT2D eigenvalue weighted by Crippen LogP contribution is 2.18. The number of nitrogens with one attached hydrogen (secondary N) is 2. The normalized spacial score (nSPS) is 22.0. The minimum absolute atomic E-state index is 0.335. The van der Waals surface area contributed by atoms with Crippen molar-refractivity contribution in [3.05, 3.63) is 0 Å². The fraction of sp³-hybridized carbons (Fsp3) is 1.00. The molecule has 6 heteroatoms. The third-order valence-electron chi connectivity index (χ3n) is 3.36. The van der Waals surface area contributed by atoms with Crippen molar-refractivity contribution in [2.75, 3.05) is 32.7 Å². The van der Waals surface area contributed by atoms with Gasteiger partial charge < -0.3 is 5.32 Å². The van der Waals surface area contributed by atoms with Crippen LogP contribution in [0.25, 0.3) is 0 Å². The molecule has 1 aliphatic rings. The van der Waals surface area contributed by atoms with Crippen LogP contribution in [0.15, 0.2) is 0 Å². The predicted molar refractivity (Wildman–Crippen MR) is 79.2 cm³/mol. The number of nitrogens with zero attached hydrogens (tertiary/aromatic N) is 1. The van der Waals surface area contributed by atoms with Gasteiger partial charge in [0, 0.05) is 19.6 Å². The summed E-state index contributed by atoms with van der Waals surface area (Å²) >= 11 is 0. The van der Waals surface area contributed by atoms with Crippen LogP contribution in [-0.4, -0.2) is 45.4 Å². The summed E-state index contributed by atoms with van der Waals surface area (Å²) < 4.78 is 28.6. The van der Waals surface area contributed by atoms with E-state index in [1.165, 1.54) is 0 Å². The first-order valence-corrected chi connectivity index (χ1v) is 8.85. The summed E-state index contributed by atoms with van der Waals surface area (Å²) in [5.74, 6) is 0.775. The van der Waals surface area contributed by atoms with Crippen molar-refractivity contribution in [1.82, 2.24) is 14.3 Å². The van der Waals surface area contributed by atoms with E-state index >= 15 is 0 Å². The Balaban J connectivity index is 2.44. The molecule has 2 N–H and O–H groups in total. The minimum atomic E-state index is -3.29. The Hall–Kier alpha value is -0.170. The summed E-state index contributed by atoms with van der Waals surface area (Å²) in [6.07, 6.45) is 3.19. The Kier molecular flexibility index (Phi) is 7.28. The first-order chi connectivity index (χ1) is 8.95. The second-order valence-electron chi connectivity index (χ2n) is 5.82. The zero-order valence-corrected chi connectivity index (χ0v) is 13.3. The van der Waals surface area contributed by atoms with E-state index in [-0.39, 0.29) is 0 Å². The summed E-state index contributed by atoms with van der Waals surface area (Å²) in [5, 5.41) is 3.39. The summed E-state index contributed by atoms with van der Waals surface area (Å²) in [4.78, 5) is 0. The second kappa shape index (κ2) is 8.19. The first-order valence-electron chi connectivity index (χ1n) is 7.41. The van der Waals surface area contributed by atoms with Crippen LogP contribution in [-0.2, 0) is 10.2 Å². The second-order valence-corrected chi connectivity index (χ2v) is 7.57. The molecule has 1 fully saturated rings. The molecular weight excluding hydrogens is 262 g/mol. The van der Waals surface area contributed by atoms with Crippen LogP contribution >= 0.6 is 0 Å². The van der Waals surface area contributed by atoms with Crippen molar-refractivity contribution >= 4 is 10.2 Å². The largest absolute Gasteiger partial charge is 0.316 e. The highest BCUT2D eigenvalue weighted by Gasteiger charge is 2.28. The van der Waals surface area contributed by atoms with Crippen LogP contribution in [0.5, 0.6) is 0 Å². The maximum Gasteiger partial charge on any atom is 0.279 e. The van der Waals surface area contributed by atoms with Gasteiger partial charge in [-0.25, -0.2) is 4.72 Å². The van der Waals surface area contributed by atoms with E-state index < -0.39 is 10.2 Å². The van der Waals surface area contributed by atoms with Gasteiger partial charge in [0.2, 0.25) is 0 Å². The van der Waals surface area contributed by atoms with Crippen molar-refractivity contribution in [3.63, 3.8) is 0 Å². The number of rotatable bonds is 8. The van der Waals surface area contributed by atoms with Gasteiger partial charge in [0.1, 0.15) is 0 Å².